The van der Waals surface area contributed by atoms with E-state index in [0.29, 0.717) is 0 Å². The molecule has 1 aromatic heterocycles. The highest BCUT2D eigenvalue weighted by Crippen LogP contribution is 2.27. The van der Waals surface area contributed by atoms with Gasteiger partial charge in [0.25, 0.3) is 0 Å². The molecule has 3 N–H and O–H groups in total. The number of aryl methyl sites for hydroxylation is 1. The van der Waals surface area contributed by atoms with Crippen molar-refractivity contribution in [2.45, 2.75) is 18.4 Å². The molecular weight excluding hydrogens is 162 g/mol. The molecule has 0 amide bonds. The number of rotatable bonds is 1. The molecule has 2 rings (SSSR count). The Kier molecular flexibility index (Phi) is 2.14. The summed E-state index contributed by atoms with van der Waals surface area (Å²) < 4.78 is 2.06. The van der Waals surface area contributed by atoms with Gasteiger partial charge in [0.2, 0.25) is 0 Å². The van der Waals surface area contributed by atoms with Gasteiger partial charge in [0.05, 0.1) is 0 Å². The zero-order valence-electron chi connectivity index (χ0n) is 8.09. The average Bonchev–Trinajstić information content (AvgIpc) is 2.54. The highest BCUT2D eigenvalue weighted by molar-refractivity contribution is 5.22. The molecular formula is C10H17N3. The van der Waals surface area contributed by atoms with Crippen molar-refractivity contribution in [3.8, 4) is 0 Å². The van der Waals surface area contributed by atoms with Gasteiger partial charge >= 0.3 is 0 Å². The zero-order chi connectivity index (χ0) is 9.31. The summed E-state index contributed by atoms with van der Waals surface area (Å²) in [4.78, 5) is 0. The Bertz CT molecular complexity index is 284. The summed E-state index contributed by atoms with van der Waals surface area (Å²) in [5.41, 5.74) is 7.52. The van der Waals surface area contributed by atoms with Gasteiger partial charge in [0.1, 0.15) is 0 Å². The first-order valence-electron chi connectivity index (χ1n) is 4.83. The predicted molar refractivity (Wildman–Crippen MR) is 53.4 cm³/mol. The summed E-state index contributed by atoms with van der Waals surface area (Å²) >= 11 is 0. The standard InChI is InChI=1S/C10H17N3/c1-13-7-2-9(8-13)10(11)3-5-12-6-4-10/h2,7-8,12H,3-6,11H2,1H3. The Morgan fingerprint density at radius 3 is 2.69 bits per heavy atom. The smallest absolute Gasteiger partial charge is 0.0449 e. The van der Waals surface area contributed by atoms with Crippen molar-refractivity contribution in [2.75, 3.05) is 13.1 Å². The van der Waals surface area contributed by atoms with Crippen LogP contribution >= 0.6 is 0 Å². The van der Waals surface area contributed by atoms with Crippen LogP contribution in [-0.2, 0) is 12.6 Å². The topological polar surface area (TPSA) is 43.0 Å². The van der Waals surface area contributed by atoms with Crippen LogP contribution in [0, 0.1) is 0 Å². The molecule has 1 aromatic rings. The van der Waals surface area contributed by atoms with E-state index in [4.69, 9.17) is 5.73 Å². The van der Waals surface area contributed by atoms with Crippen LogP contribution in [0.3, 0.4) is 0 Å². The summed E-state index contributed by atoms with van der Waals surface area (Å²) in [5.74, 6) is 0. The van der Waals surface area contributed by atoms with Gasteiger partial charge in [-0.2, -0.15) is 0 Å². The maximum atomic E-state index is 6.34. The van der Waals surface area contributed by atoms with E-state index >= 15 is 0 Å². The number of hydrogen-bond donors (Lipinski definition) is 2. The Morgan fingerprint density at radius 1 is 1.46 bits per heavy atom. The molecule has 13 heavy (non-hydrogen) atoms. The first kappa shape index (κ1) is 8.78. The van der Waals surface area contributed by atoms with Crippen LogP contribution in [0.25, 0.3) is 0 Å². The third-order valence-corrected chi connectivity index (χ3v) is 2.90. The van der Waals surface area contributed by atoms with Crippen molar-refractivity contribution in [2.24, 2.45) is 12.8 Å². The second kappa shape index (κ2) is 3.16. The van der Waals surface area contributed by atoms with Crippen LogP contribution < -0.4 is 11.1 Å². The average molecular weight is 179 g/mol. The van der Waals surface area contributed by atoms with Gasteiger partial charge in [-0.3, -0.25) is 0 Å². The lowest BCUT2D eigenvalue weighted by atomic mass is 9.84. The van der Waals surface area contributed by atoms with E-state index in [2.05, 4.69) is 28.3 Å². The van der Waals surface area contributed by atoms with E-state index in [1.54, 1.807) is 0 Å². The molecule has 2 heterocycles. The van der Waals surface area contributed by atoms with Crippen LogP contribution in [0.2, 0.25) is 0 Å². The molecule has 0 bridgehead atoms. The third kappa shape index (κ3) is 1.62. The fraction of sp³-hybridized carbons (Fsp3) is 0.600. The van der Waals surface area contributed by atoms with Crippen LogP contribution in [0.15, 0.2) is 18.5 Å². The molecule has 1 aliphatic heterocycles. The molecule has 0 spiro atoms. The second-order valence-electron chi connectivity index (χ2n) is 3.97. The molecule has 1 saturated heterocycles. The minimum Gasteiger partial charge on any atom is -0.357 e. The van der Waals surface area contributed by atoms with Crippen LogP contribution in [0.1, 0.15) is 18.4 Å². The lowest BCUT2D eigenvalue weighted by molar-refractivity contribution is 0.317. The van der Waals surface area contributed by atoms with Gasteiger partial charge in [0.15, 0.2) is 0 Å². The molecule has 0 saturated carbocycles. The van der Waals surface area contributed by atoms with E-state index in [1.807, 2.05) is 7.05 Å². The third-order valence-electron chi connectivity index (χ3n) is 2.90. The Hall–Kier alpha value is -0.800. The number of piperidine rings is 1. The molecule has 0 radical (unpaired) electrons. The predicted octanol–water partition coefficient (Wildman–Crippen LogP) is 0.562. The maximum absolute atomic E-state index is 6.34. The Morgan fingerprint density at radius 2 is 2.15 bits per heavy atom. The van der Waals surface area contributed by atoms with Crippen molar-refractivity contribution in [3.63, 3.8) is 0 Å². The summed E-state index contributed by atoms with van der Waals surface area (Å²) in [6.07, 6.45) is 6.27. The Labute approximate surface area is 78.9 Å². The van der Waals surface area contributed by atoms with E-state index in [0.717, 1.165) is 25.9 Å². The molecule has 0 aliphatic carbocycles. The van der Waals surface area contributed by atoms with Crippen LogP contribution in [0.5, 0.6) is 0 Å². The van der Waals surface area contributed by atoms with Crippen molar-refractivity contribution in [3.05, 3.63) is 24.0 Å². The molecule has 72 valence electrons. The first-order valence-corrected chi connectivity index (χ1v) is 4.83. The summed E-state index contributed by atoms with van der Waals surface area (Å²) in [5, 5.41) is 3.33. The van der Waals surface area contributed by atoms with Gasteiger partial charge in [-0.05, 0) is 37.6 Å². The number of nitrogens with zero attached hydrogens (tertiary/aromatic N) is 1. The molecule has 1 fully saturated rings. The lowest BCUT2D eigenvalue weighted by Crippen LogP contribution is -2.46. The molecule has 1 aliphatic rings. The van der Waals surface area contributed by atoms with E-state index in [9.17, 15) is 0 Å². The van der Waals surface area contributed by atoms with Gasteiger partial charge in [0, 0.05) is 25.0 Å². The quantitative estimate of drug-likeness (QED) is 0.661. The summed E-state index contributed by atoms with van der Waals surface area (Å²) in [7, 11) is 2.04. The SMILES string of the molecule is Cn1ccc(C2(N)CCNCC2)c1. The molecule has 3 heteroatoms. The fourth-order valence-corrected chi connectivity index (χ4v) is 1.96. The molecule has 0 atom stereocenters. The highest BCUT2D eigenvalue weighted by Gasteiger charge is 2.29. The van der Waals surface area contributed by atoms with E-state index in [-0.39, 0.29) is 5.54 Å². The van der Waals surface area contributed by atoms with Gasteiger partial charge in [-0.15, -0.1) is 0 Å². The van der Waals surface area contributed by atoms with E-state index < -0.39 is 0 Å². The maximum Gasteiger partial charge on any atom is 0.0449 e. The van der Waals surface area contributed by atoms with Crippen LogP contribution in [-0.4, -0.2) is 17.7 Å². The first-order chi connectivity index (χ1) is 6.21. The van der Waals surface area contributed by atoms with Gasteiger partial charge in [-0.1, -0.05) is 0 Å². The van der Waals surface area contributed by atoms with Crippen molar-refractivity contribution in [1.82, 2.24) is 9.88 Å². The minimum absolute atomic E-state index is 0.0908. The molecule has 3 nitrogen and oxygen atoms in total. The largest absolute Gasteiger partial charge is 0.357 e. The second-order valence-corrected chi connectivity index (χ2v) is 3.97. The van der Waals surface area contributed by atoms with Gasteiger partial charge < -0.3 is 15.6 Å². The number of nitrogens with two attached hydrogens (primary N) is 1. The monoisotopic (exact) mass is 179 g/mol. The number of aromatic nitrogens is 1. The van der Waals surface area contributed by atoms with Crippen molar-refractivity contribution >= 4 is 0 Å². The van der Waals surface area contributed by atoms with E-state index in [1.165, 1.54) is 5.56 Å². The molecule has 0 aromatic carbocycles. The molecule has 0 unspecified atom stereocenters. The summed E-state index contributed by atoms with van der Waals surface area (Å²) in [6.45, 7) is 2.07. The van der Waals surface area contributed by atoms with Gasteiger partial charge in [-0.25, -0.2) is 0 Å². The summed E-state index contributed by atoms with van der Waals surface area (Å²) in [6, 6.07) is 2.13. The minimum atomic E-state index is -0.0908. The number of nitrogens with one attached hydrogen (secondary N) is 1. The fourth-order valence-electron chi connectivity index (χ4n) is 1.96. The zero-order valence-corrected chi connectivity index (χ0v) is 8.09. The normalized spacial score (nSPS) is 21.7. The lowest BCUT2D eigenvalue weighted by Gasteiger charge is -2.33. The van der Waals surface area contributed by atoms with Crippen molar-refractivity contribution < 1.29 is 0 Å². The highest BCUT2D eigenvalue weighted by atomic mass is 14.9. The van der Waals surface area contributed by atoms with Crippen LogP contribution in [0.4, 0.5) is 0 Å². The Balaban J connectivity index is 2.22. The number of hydrogen-bond acceptors (Lipinski definition) is 2. The van der Waals surface area contributed by atoms with Crippen molar-refractivity contribution in [1.29, 1.82) is 0 Å².